The van der Waals surface area contributed by atoms with Crippen molar-refractivity contribution >= 4 is 12.0 Å². The predicted octanol–water partition coefficient (Wildman–Crippen LogP) is 2.72. The molecule has 1 N–H and O–H groups in total. The molecule has 0 spiro atoms. The molecule has 2 heterocycles. The van der Waals surface area contributed by atoms with Gasteiger partial charge in [-0.05, 0) is 57.2 Å². The lowest BCUT2D eigenvalue weighted by Crippen LogP contribution is -2.42. The molecular formula is C21H28N2O5. The molecule has 2 amide bonds. The third-order valence-electron chi connectivity index (χ3n) is 5.70. The molecule has 1 aromatic carbocycles. The van der Waals surface area contributed by atoms with Gasteiger partial charge in [0.2, 0.25) is 12.7 Å². The molecule has 152 valence electrons. The lowest BCUT2D eigenvalue weighted by Gasteiger charge is -2.25. The van der Waals surface area contributed by atoms with Crippen molar-refractivity contribution in [3.05, 3.63) is 23.8 Å². The molecule has 0 unspecified atom stereocenters. The van der Waals surface area contributed by atoms with E-state index < -0.39 is 5.60 Å². The van der Waals surface area contributed by atoms with E-state index in [1.54, 1.807) is 0 Å². The number of hydrogen-bond acceptors (Lipinski definition) is 5. The highest BCUT2D eigenvalue weighted by Crippen LogP contribution is 2.39. The number of nitrogens with zero attached hydrogens (tertiary/aromatic N) is 1. The molecule has 7 heteroatoms. The Hall–Kier alpha value is -2.44. The van der Waals surface area contributed by atoms with Gasteiger partial charge >= 0.3 is 6.09 Å². The van der Waals surface area contributed by atoms with Crippen LogP contribution in [0.2, 0.25) is 0 Å². The molecule has 7 nitrogen and oxygen atoms in total. The molecule has 1 saturated carbocycles. The Balaban J connectivity index is 1.33. The van der Waals surface area contributed by atoms with Crippen LogP contribution in [0, 0.1) is 11.8 Å². The average molecular weight is 388 g/mol. The minimum Gasteiger partial charge on any atom is -0.454 e. The van der Waals surface area contributed by atoms with Crippen molar-refractivity contribution in [3.8, 4) is 11.5 Å². The fraction of sp³-hybridized carbons (Fsp3) is 0.619. The Morgan fingerprint density at radius 1 is 1.18 bits per heavy atom. The number of nitrogens with one attached hydrogen (secondary N) is 1. The average Bonchev–Trinajstić information content (AvgIpc) is 3.29. The third kappa shape index (κ3) is 4.03. The van der Waals surface area contributed by atoms with Gasteiger partial charge in [-0.1, -0.05) is 6.07 Å². The standard InChI is InChI=1S/C21H28N2O5/c1-21(2,3)28-20(25)22-16-6-5-14-10-23(11-15(14)16)19(24)9-13-4-7-17-18(8-13)27-12-26-17/h4,7-8,14-16H,5-6,9-12H2,1-3H3,(H,22,25)/t14-,15-,16+/m0/s1. The summed E-state index contributed by atoms with van der Waals surface area (Å²) < 4.78 is 16.1. The summed E-state index contributed by atoms with van der Waals surface area (Å²) in [6.07, 6.45) is 1.95. The van der Waals surface area contributed by atoms with E-state index in [2.05, 4.69) is 5.32 Å². The second-order valence-electron chi connectivity index (χ2n) is 8.92. The quantitative estimate of drug-likeness (QED) is 0.862. The fourth-order valence-electron chi connectivity index (χ4n) is 4.44. The molecule has 28 heavy (non-hydrogen) atoms. The van der Waals surface area contributed by atoms with Crippen molar-refractivity contribution in [2.75, 3.05) is 19.9 Å². The van der Waals surface area contributed by atoms with Crippen molar-refractivity contribution in [3.63, 3.8) is 0 Å². The number of carbonyl (C=O) groups excluding carboxylic acids is 2. The number of fused-ring (bicyclic) bond motifs is 2. The maximum Gasteiger partial charge on any atom is 0.407 e. The molecule has 0 radical (unpaired) electrons. The van der Waals surface area contributed by atoms with Crippen LogP contribution in [-0.2, 0) is 16.0 Å². The Morgan fingerprint density at radius 3 is 2.75 bits per heavy atom. The van der Waals surface area contributed by atoms with Crippen molar-refractivity contribution < 1.29 is 23.8 Å². The largest absolute Gasteiger partial charge is 0.454 e. The van der Waals surface area contributed by atoms with Crippen LogP contribution in [-0.4, -0.2) is 48.4 Å². The van der Waals surface area contributed by atoms with Crippen LogP contribution in [0.15, 0.2) is 18.2 Å². The van der Waals surface area contributed by atoms with Gasteiger partial charge in [-0.2, -0.15) is 0 Å². The van der Waals surface area contributed by atoms with Gasteiger partial charge in [0.15, 0.2) is 11.5 Å². The summed E-state index contributed by atoms with van der Waals surface area (Å²) in [6.45, 7) is 7.26. The van der Waals surface area contributed by atoms with E-state index in [-0.39, 0.29) is 24.8 Å². The van der Waals surface area contributed by atoms with E-state index in [4.69, 9.17) is 14.2 Å². The number of rotatable bonds is 3. The summed E-state index contributed by atoms with van der Waals surface area (Å²) in [5.74, 6) is 2.28. The normalized spacial score (nSPS) is 25.5. The predicted molar refractivity (Wildman–Crippen MR) is 102 cm³/mol. The van der Waals surface area contributed by atoms with E-state index in [9.17, 15) is 9.59 Å². The summed E-state index contributed by atoms with van der Waals surface area (Å²) in [5, 5.41) is 3.01. The first-order chi connectivity index (χ1) is 13.3. The summed E-state index contributed by atoms with van der Waals surface area (Å²) in [7, 11) is 0. The van der Waals surface area contributed by atoms with Gasteiger partial charge in [0.1, 0.15) is 5.60 Å². The van der Waals surface area contributed by atoms with Crippen LogP contribution in [0.1, 0.15) is 39.2 Å². The van der Waals surface area contributed by atoms with E-state index >= 15 is 0 Å². The topological polar surface area (TPSA) is 77.1 Å². The number of carbonyl (C=O) groups is 2. The van der Waals surface area contributed by atoms with Gasteiger partial charge in [0.05, 0.1) is 6.42 Å². The van der Waals surface area contributed by atoms with Crippen LogP contribution < -0.4 is 14.8 Å². The molecule has 2 aliphatic heterocycles. The third-order valence-corrected chi connectivity index (χ3v) is 5.70. The second-order valence-corrected chi connectivity index (χ2v) is 8.92. The minimum atomic E-state index is -0.510. The number of alkyl carbamates (subject to hydrolysis) is 1. The maximum atomic E-state index is 12.8. The number of amides is 2. The minimum absolute atomic E-state index is 0.0724. The lowest BCUT2D eigenvalue weighted by molar-refractivity contribution is -0.129. The molecule has 4 rings (SSSR count). The summed E-state index contributed by atoms with van der Waals surface area (Å²) in [4.78, 5) is 26.9. The molecule has 0 bridgehead atoms. The number of benzene rings is 1. The van der Waals surface area contributed by atoms with Crippen LogP contribution in [0.3, 0.4) is 0 Å². The Kier molecular flexibility index (Phi) is 4.85. The number of likely N-dealkylation sites (tertiary alicyclic amines) is 1. The van der Waals surface area contributed by atoms with Crippen molar-refractivity contribution in [2.24, 2.45) is 11.8 Å². The molecule has 1 aromatic rings. The Labute approximate surface area is 165 Å². The second kappa shape index (κ2) is 7.18. The molecular weight excluding hydrogens is 360 g/mol. The summed E-state index contributed by atoms with van der Waals surface area (Å²) in [5.41, 5.74) is 0.416. The van der Waals surface area contributed by atoms with Gasteiger partial charge in [0, 0.05) is 25.0 Å². The first kappa shape index (κ1) is 18.9. The SMILES string of the molecule is CC(C)(C)OC(=O)N[C@@H]1CC[C@H]2CN(C(=O)Cc3ccc4c(c3)OCO4)C[C@@H]21. The van der Waals surface area contributed by atoms with Crippen molar-refractivity contribution in [2.45, 2.75) is 51.7 Å². The Morgan fingerprint density at radius 2 is 1.96 bits per heavy atom. The smallest absolute Gasteiger partial charge is 0.407 e. The number of ether oxygens (including phenoxy) is 3. The highest BCUT2D eigenvalue weighted by Gasteiger charge is 2.44. The zero-order chi connectivity index (χ0) is 19.9. The van der Waals surface area contributed by atoms with Gasteiger partial charge in [-0.15, -0.1) is 0 Å². The van der Waals surface area contributed by atoms with Gasteiger partial charge in [0.25, 0.3) is 0 Å². The zero-order valence-corrected chi connectivity index (χ0v) is 16.7. The molecule has 1 aliphatic carbocycles. The highest BCUT2D eigenvalue weighted by atomic mass is 16.7. The monoisotopic (exact) mass is 388 g/mol. The first-order valence-electron chi connectivity index (χ1n) is 9.94. The summed E-state index contributed by atoms with van der Waals surface area (Å²) in [6, 6.07) is 5.71. The first-order valence-corrected chi connectivity index (χ1v) is 9.94. The van der Waals surface area contributed by atoms with Crippen LogP contribution in [0.4, 0.5) is 4.79 Å². The van der Waals surface area contributed by atoms with Crippen LogP contribution in [0.25, 0.3) is 0 Å². The molecule has 3 atom stereocenters. The molecule has 0 aromatic heterocycles. The molecule has 3 aliphatic rings. The van der Waals surface area contributed by atoms with Crippen LogP contribution in [0.5, 0.6) is 11.5 Å². The number of hydrogen-bond donors (Lipinski definition) is 1. The lowest BCUT2D eigenvalue weighted by atomic mass is 9.98. The molecule has 2 fully saturated rings. The van der Waals surface area contributed by atoms with Gasteiger partial charge in [-0.25, -0.2) is 4.79 Å². The maximum absolute atomic E-state index is 12.8. The van der Waals surface area contributed by atoms with Gasteiger partial charge < -0.3 is 24.4 Å². The highest BCUT2D eigenvalue weighted by molar-refractivity contribution is 5.79. The fourth-order valence-corrected chi connectivity index (χ4v) is 4.44. The summed E-state index contributed by atoms with van der Waals surface area (Å²) >= 11 is 0. The van der Waals surface area contributed by atoms with Gasteiger partial charge in [-0.3, -0.25) is 4.79 Å². The van der Waals surface area contributed by atoms with Crippen molar-refractivity contribution in [1.82, 2.24) is 10.2 Å². The van der Waals surface area contributed by atoms with E-state index in [0.717, 1.165) is 30.7 Å². The van der Waals surface area contributed by atoms with Crippen LogP contribution >= 0.6 is 0 Å². The Bertz CT molecular complexity index is 773. The zero-order valence-electron chi connectivity index (χ0n) is 16.7. The van der Waals surface area contributed by atoms with Crippen molar-refractivity contribution in [1.29, 1.82) is 0 Å². The van der Waals surface area contributed by atoms with E-state index in [1.165, 1.54) is 0 Å². The molecule has 1 saturated heterocycles. The van der Waals surface area contributed by atoms with E-state index in [1.807, 2.05) is 43.9 Å². The van der Waals surface area contributed by atoms with E-state index in [0.29, 0.717) is 30.6 Å².